The van der Waals surface area contributed by atoms with E-state index in [-0.39, 0.29) is 13.4 Å². The predicted molar refractivity (Wildman–Crippen MR) is 488 cm³/mol. The van der Waals surface area contributed by atoms with Gasteiger partial charge in [0.15, 0.2) is 0 Å². The van der Waals surface area contributed by atoms with Gasteiger partial charge in [-0.1, -0.05) is 352 Å². The van der Waals surface area contributed by atoms with Crippen molar-refractivity contribution in [2.45, 2.75) is 0 Å². The molecule has 18 aromatic rings. The molecule has 4 heterocycles. The Kier molecular flexibility index (Phi) is 16.7. The summed E-state index contributed by atoms with van der Waals surface area (Å²) in [6.45, 7) is -0.639. The normalized spacial score (nSPS) is 12.5. The fraction of sp³-hybridized carbons (Fsp3) is 0. The lowest BCUT2D eigenvalue weighted by Crippen LogP contribution is -2.64. The van der Waals surface area contributed by atoms with Gasteiger partial charge in [0.1, 0.15) is 11.5 Å². The average molecular weight is 1480 g/mol. The minimum Gasteiger partial charge on any atom is -0.458 e. The number of hydrogen-bond acceptors (Lipinski definition) is 6. The standard InChI is InChI=1S/C108H73B2N5O/c1-11-38-74(39-12-1)86-58-35-59-87(75-40-13-2-14-41-75)106(86)112(82-54-27-9-28-55-82)85-70-101-105-103(71-85)116-102-73-98-94(72-95(102)110(105)93-65-32-34-67-97(93)114(101)107-88(76-42-15-3-16-43-76)60-36-61-89(107)77-44-17-4-18-45-77)109-92-64-31-33-66-96(92)113(83-56-29-10-30-57-83)99-68-84(111(80-50-23-7-24-51-80)81-52-25-8-26-53-81)69-100(104(99)109)115(98)108-90(78-46-19-5-20-47-78)62-37-63-91(108)79-48-21-6-22-49-79/h1-73H. The molecule has 0 saturated heterocycles. The van der Waals surface area contributed by atoms with E-state index in [1.807, 2.05) is 0 Å². The van der Waals surface area contributed by atoms with Crippen LogP contribution in [0.3, 0.4) is 0 Å². The van der Waals surface area contributed by atoms with Crippen LogP contribution in [-0.2, 0) is 0 Å². The Morgan fingerprint density at radius 1 is 0.198 bits per heavy atom. The van der Waals surface area contributed by atoms with Crippen molar-refractivity contribution >= 4 is 132 Å². The summed E-state index contributed by atoms with van der Waals surface area (Å²) in [4.78, 5) is 12.7. The molecule has 0 atom stereocenters. The molecule has 0 fully saturated rings. The zero-order valence-electron chi connectivity index (χ0n) is 63.4. The molecule has 542 valence electrons. The number of anilines is 15. The summed E-state index contributed by atoms with van der Waals surface area (Å²) in [6.07, 6.45) is 0. The summed E-state index contributed by atoms with van der Waals surface area (Å²) in [7, 11) is 0. The van der Waals surface area contributed by atoms with Crippen molar-refractivity contribution < 1.29 is 4.74 Å². The van der Waals surface area contributed by atoms with Gasteiger partial charge in [-0.2, -0.15) is 0 Å². The van der Waals surface area contributed by atoms with Crippen LogP contribution in [0.4, 0.5) is 85.3 Å². The Balaban J connectivity index is 0.876. The molecule has 0 unspecified atom stereocenters. The summed E-state index contributed by atoms with van der Waals surface area (Å²) in [5, 5.41) is 0. The maximum Gasteiger partial charge on any atom is 0.256 e. The smallest absolute Gasteiger partial charge is 0.256 e. The van der Waals surface area contributed by atoms with Gasteiger partial charge in [-0.05, 0) is 145 Å². The van der Waals surface area contributed by atoms with Crippen LogP contribution in [0.1, 0.15) is 0 Å². The second-order valence-corrected chi connectivity index (χ2v) is 30.1. The third-order valence-corrected chi connectivity index (χ3v) is 23.6. The van der Waals surface area contributed by atoms with Crippen LogP contribution in [0, 0.1) is 0 Å². The van der Waals surface area contributed by atoms with Gasteiger partial charge in [-0.15, -0.1) is 0 Å². The van der Waals surface area contributed by atoms with Gasteiger partial charge in [0.05, 0.1) is 28.4 Å². The number of ether oxygens (including phenoxy) is 1. The van der Waals surface area contributed by atoms with Gasteiger partial charge in [-0.3, -0.25) is 0 Å². The summed E-state index contributed by atoms with van der Waals surface area (Å²) >= 11 is 0. The Hall–Kier alpha value is -15.1. The average Bonchev–Trinajstić information content (AvgIpc) is 0.685. The first kappa shape index (κ1) is 67.8. The quantitative estimate of drug-likeness (QED) is 0.0949. The van der Waals surface area contributed by atoms with Crippen LogP contribution >= 0.6 is 0 Å². The first-order valence-electron chi connectivity index (χ1n) is 40.0. The zero-order valence-corrected chi connectivity index (χ0v) is 63.4. The lowest BCUT2D eigenvalue weighted by atomic mass is 9.30. The van der Waals surface area contributed by atoms with Gasteiger partial charge in [0.25, 0.3) is 13.4 Å². The van der Waals surface area contributed by atoms with Crippen molar-refractivity contribution in [3.05, 3.63) is 443 Å². The SMILES string of the molecule is c1ccc(-c2cccc(-c3ccccc3)c2N(c2ccccc2)c2cc3c4c(c2)N(c2c(-c5ccccc5)cccc2-c2ccccc2)c2ccccc2B4c2cc4c(cc2O3)N(c2c(-c3ccccc3)cccc2-c2ccccc2)c2cc(N(c3ccccc3)c3ccccc3)cc3c2B4c2ccccc2N3c2ccccc2)cc1. The van der Waals surface area contributed by atoms with Crippen LogP contribution in [0.25, 0.3) is 66.8 Å². The number of rotatable bonds is 15. The molecule has 0 aliphatic carbocycles. The molecule has 0 N–H and O–H groups in total. The van der Waals surface area contributed by atoms with Gasteiger partial charge in [0.2, 0.25) is 0 Å². The maximum atomic E-state index is 8.35. The maximum absolute atomic E-state index is 8.35. The second-order valence-electron chi connectivity index (χ2n) is 30.1. The Morgan fingerprint density at radius 2 is 0.517 bits per heavy atom. The van der Waals surface area contributed by atoms with E-state index in [9.17, 15) is 0 Å². The zero-order chi connectivity index (χ0) is 76.6. The van der Waals surface area contributed by atoms with E-state index in [1.165, 1.54) is 21.9 Å². The largest absolute Gasteiger partial charge is 0.458 e. The number of benzene rings is 18. The van der Waals surface area contributed by atoms with E-state index in [0.717, 1.165) is 174 Å². The number of para-hydroxylation sites is 9. The molecular weight excluding hydrogens is 1400 g/mol. The number of hydrogen-bond donors (Lipinski definition) is 0. The molecule has 0 radical (unpaired) electrons. The third kappa shape index (κ3) is 11.4. The second kappa shape index (κ2) is 28.6. The summed E-state index contributed by atoms with van der Waals surface area (Å²) in [5.74, 6) is 1.54. The van der Waals surface area contributed by atoms with Crippen molar-refractivity contribution in [2.24, 2.45) is 0 Å². The third-order valence-electron chi connectivity index (χ3n) is 23.6. The van der Waals surface area contributed by atoms with E-state index in [4.69, 9.17) is 4.74 Å². The molecule has 0 bridgehead atoms. The Labute approximate surface area is 677 Å². The minimum atomic E-state index is -0.348. The molecule has 0 saturated carbocycles. The van der Waals surface area contributed by atoms with Crippen molar-refractivity contribution in [1.82, 2.24) is 0 Å². The molecule has 4 aliphatic heterocycles. The highest BCUT2D eigenvalue weighted by molar-refractivity contribution is 7.02. The summed E-state index contributed by atoms with van der Waals surface area (Å²) in [6, 6.07) is 163. The van der Waals surface area contributed by atoms with Gasteiger partial charge in [-0.25, -0.2) is 0 Å². The van der Waals surface area contributed by atoms with E-state index in [2.05, 4.69) is 467 Å². The molecule has 116 heavy (non-hydrogen) atoms. The van der Waals surface area contributed by atoms with E-state index in [0.29, 0.717) is 0 Å². The fourth-order valence-corrected chi connectivity index (χ4v) is 18.7. The molecule has 22 rings (SSSR count). The van der Waals surface area contributed by atoms with Crippen molar-refractivity contribution in [3.8, 4) is 78.3 Å². The van der Waals surface area contributed by atoms with Gasteiger partial charge < -0.3 is 29.2 Å². The van der Waals surface area contributed by atoms with Crippen molar-refractivity contribution in [2.75, 3.05) is 24.5 Å². The lowest BCUT2D eigenvalue weighted by molar-refractivity contribution is 0.488. The van der Waals surface area contributed by atoms with Crippen LogP contribution < -0.4 is 62.0 Å². The van der Waals surface area contributed by atoms with E-state index in [1.54, 1.807) is 0 Å². The van der Waals surface area contributed by atoms with Gasteiger partial charge >= 0.3 is 0 Å². The first-order chi connectivity index (χ1) is 57.6. The summed E-state index contributed by atoms with van der Waals surface area (Å²) in [5.41, 5.74) is 35.7. The van der Waals surface area contributed by atoms with Crippen LogP contribution in [0.5, 0.6) is 11.5 Å². The van der Waals surface area contributed by atoms with Crippen molar-refractivity contribution in [1.29, 1.82) is 0 Å². The summed E-state index contributed by atoms with van der Waals surface area (Å²) < 4.78 is 8.35. The number of nitrogens with zero attached hydrogens (tertiary/aromatic N) is 5. The molecular formula is C108H73B2N5O. The Morgan fingerprint density at radius 3 is 0.948 bits per heavy atom. The highest BCUT2D eigenvalue weighted by Crippen LogP contribution is 2.57. The van der Waals surface area contributed by atoms with E-state index < -0.39 is 0 Å². The van der Waals surface area contributed by atoms with Gasteiger partial charge in [0, 0.05) is 102 Å². The minimum absolute atomic E-state index is 0.291. The molecule has 4 aliphatic rings. The topological polar surface area (TPSA) is 25.4 Å². The molecule has 6 nitrogen and oxygen atoms in total. The first-order valence-corrected chi connectivity index (χ1v) is 40.0. The molecule has 0 aromatic heterocycles. The van der Waals surface area contributed by atoms with E-state index >= 15 is 0 Å². The predicted octanol–water partition coefficient (Wildman–Crippen LogP) is 25.1. The fourth-order valence-electron chi connectivity index (χ4n) is 18.7. The number of fused-ring (bicyclic) bond motifs is 8. The highest BCUT2D eigenvalue weighted by atomic mass is 16.5. The van der Waals surface area contributed by atoms with Crippen LogP contribution in [0.2, 0.25) is 0 Å². The van der Waals surface area contributed by atoms with Crippen LogP contribution in [0.15, 0.2) is 443 Å². The molecule has 18 aromatic carbocycles. The molecule has 8 heteroatoms. The monoisotopic (exact) mass is 1480 g/mol. The van der Waals surface area contributed by atoms with Crippen LogP contribution in [-0.4, -0.2) is 13.4 Å². The lowest BCUT2D eigenvalue weighted by Gasteiger charge is -2.46. The van der Waals surface area contributed by atoms with Crippen molar-refractivity contribution in [3.63, 3.8) is 0 Å². The molecule has 0 amide bonds. The highest BCUT2D eigenvalue weighted by Gasteiger charge is 2.49. The Bertz CT molecular complexity index is 6540. The molecule has 0 spiro atoms.